The van der Waals surface area contributed by atoms with Gasteiger partial charge in [0, 0.05) is 11.5 Å². The van der Waals surface area contributed by atoms with Gasteiger partial charge in [-0.3, -0.25) is 0 Å². The van der Waals surface area contributed by atoms with Crippen LogP contribution in [0.5, 0.6) is 0 Å². The van der Waals surface area contributed by atoms with E-state index >= 15 is 0 Å². The van der Waals surface area contributed by atoms with E-state index in [9.17, 15) is 0 Å². The van der Waals surface area contributed by atoms with Gasteiger partial charge in [-0.15, -0.1) is 6.58 Å². The molecule has 0 amide bonds. The highest BCUT2D eigenvalue weighted by Crippen LogP contribution is 2.29. The largest absolute Gasteiger partial charge is 0.544 e. The Morgan fingerprint density at radius 2 is 1.58 bits per heavy atom. The molecule has 1 atom stereocenters. The predicted molar refractivity (Wildman–Crippen MR) is 107 cm³/mol. The lowest BCUT2D eigenvalue weighted by Gasteiger charge is -2.24. The van der Waals surface area contributed by atoms with E-state index in [2.05, 4.69) is 86.9 Å². The number of hydrogen-bond donors (Lipinski definition) is 0. The molecule has 0 spiro atoms. The van der Waals surface area contributed by atoms with Gasteiger partial charge in [0.15, 0.2) is 0 Å². The molecule has 0 aliphatic carbocycles. The Labute approximate surface area is 147 Å². The van der Waals surface area contributed by atoms with E-state index in [-0.39, 0.29) is 0 Å². The van der Waals surface area contributed by atoms with Crippen molar-refractivity contribution in [2.24, 2.45) is 0 Å². The Bertz CT molecular complexity index is 653. The molecule has 0 aliphatic rings. The van der Waals surface area contributed by atoms with Crippen LogP contribution in [0.4, 0.5) is 0 Å². The highest BCUT2D eigenvalue weighted by Gasteiger charge is 2.20. The minimum absolute atomic E-state index is 0.329. The van der Waals surface area contributed by atoms with Crippen LogP contribution >= 0.6 is 0 Å². The van der Waals surface area contributed by atoms with E-state index in [0.29, 0.717) is 5.92 Å². The van der Waals surface area contributed by atoms with Crippen molar-refractivity contribution >= 4 is 14.1 Å². The molecule has 0 saturated heterocycles. The average molecular weight is 337 g/mol. The second kappa shape index (κ2) is 8.70. The van der Waals surface area contributed by atoms with Gasteiger partial charge < -0.3 is 4.43 Å². The molecule has 1 nitrogen and oxygen atoms in total. The van der Waals surface area contributed by atoms with Crippen molar-refractivity contribution in [3.63, 3.8) is 0 Å². The standard InChI is InChI=1S/C22H28OSi/c1-5-6-13-21(19-14-9-7-10-15-19)18-22(23-24(2,3)4)20-16-11-8-12-17-20/h5,7-12,14-18,21H,1,6,13H2,2-4H3/b22-18+. The topological polar surface area (TPSA) is 9.23 Å². The summed E-state index contributed by atoms with van der Waals surface area (Å²) in [4.78, 5) is 0. The van der Waals surface area contributed by atoms with Gasteiger partial charge in [-0.1, -0.05) is 66.7 Å². The second-order valence-corrected chi connectivity index (χ2v) is 11.4. The molecule has 0 saturated carbocycles. The van der Waals surface area contributed by atoms with Crippen molar-refractivity contribution in [2.75, 3.05) is 0 Å². The van der Waals surface area contributed by atoms with Crippen molar-refractivity contribution in [1.82, 2.24) is 0 Å². The van der Waals surface area contributed by atoms with Gasteiger partial charge in [0.1, 0.15) is 5.76 Å². The number of rotatable bonds is 8. The molecule has 2 aromatic rings. The van der Waals surface area contributed by atoms with Crippen LogP contribution in [0.3, 0.4) is 0 Å². The fourth-order valence-corrected chi connectivity index (χ4v) is 3.49. The fraction of sp³-hybridized carbons (Fsp3) is 0.273. The smallest absolute Gasteiger partial charge is 0.242 e. The summed E-state index contributed by atoms with van der Waals surface area (Å²) in [6.07, 6.45) is 6.32. The van der Waals surface area contributed by atoms with Crippen LogP contribution < -0.4 is 0 Å². The van der Waals surface area contributed by atoms with Gasteiger partial charge in [0.2, 0.25) is 8.32 Å². The molecule has 1 unspecified atom stereocenters. The minimum atomic E-state index is -1.69. The molecule has 0 N–H and O–H groups in total. The van der Waals surface area contributed by atoms with Crippen molar-refractivity contribution in [3.05, 3.63) is 90.5 Å². The Kier molecular flexibility index (Phi) is 6.62. The Morgan fingerprint density at radius 3 is 2.12 bits per heavy atom. The zero-order chi connectivity index (χ0) is 17.4. The van der Waals surface area contributed by atoms with Crippen LogP contribution in [0.15, 0.2) is 79.4 Å². The molecule has 24 heavy (non-hydrogen) atoms. The Balaban J connectivity index is 2.41. The van der Waals surface area contributed by atoms with Crippen LogP contribution in [-0.2, 0) is 4.43 Å². The molecule has 0 heterocycles. The molecule has 2 rings (SSSR count). The summed E-state index contributed by atoms with van der Waals surface area (Å²) in [6, 6.07) is 21.1. The van der Waals surface area contributed by atoms with Gasteiger partial charge in [0.25, 0.3) is 0 Å². The predicted octanol–water partition coefficient (Wildman–Crippen LogP) is 6.63. The Morgan fingerprint density at radius 1 is 1.00 bits per heavy atom. The lowest BCUT2D eigenvalue weighted by atomic mass is 9.92. The van der Waals surface area contributed by atoms with Crippen LogP contribution in [0, 0.1) is 0 Å². The first-order chi connectivity index (χ1) is 11.5. The quantitative estimate of drug-likeness (QED) is 0.299. The maximum Gasteiger partial charge on any atom is 0.242 e. The fourth-order valence-electron chi connectivity index (χ4n) is 2.65. The first-order valence-electron chi connectivity index (χ1n) is 8.62. The summed E-state index contributed by atoms with van der Waals surface area (Å²) in [5.74, 6) is 1.34. The molecular formula is C22H28OSi. The second-order valence-electron chi connectivity index (χ2n) is 6.99. The van der Waals surface area contributed by atoms with Crippen LogP contribution in [0.1, 0.15) is 29.9 Å². The van der Waals surface area contributed by atoms with Crippen LogP contribution in [0.2, 0.25) is 19.6 Å². The number of allylic oxidation sites excluding steroid dienone is 2. The minimum Gasteiger partial charge on any atom is -0.544 e. The van der Waals surface area contributed by atoms with E-state index in [0.717, 1.165) is 24.2 Å². The first kappa shape index (κ1) is 18.3. The zero-order valence-corrected chi connectivity index (χ0v) is 16.0. The Hall–Kier alpha value is -2.06. The van der Waals surface area contributed by atoms with Gasteiger partial charge >= 0.3 is 0 Å². The lowest BCUT2D eigenvalue weighted by molar-refractivity contribution is 0.509. The molecular weight excluding hydrogens is 308 g/mol. The normalized spacial score (nSPS) is 13.4. The third kappa shape index (κ3) is 5.86. The molecule has 0 radical (unpaired) electrons. The summed E-state index contributed by atoms with van der Waals surface area (Å²) in [6.45, 7) is 10.6. The van der Waals surface area contributed by atoms with Gasteiger partial charge in [-0.2, -0.15) is 0 Å². The molecule has 0 fully saturated rings. The van der Waals surface area contributed by atoms with Crippen LogP contribution in [-0.4, -0.2) is 8.32 Å². The van der Waals surface area contributed by atoms with Crippen molar-refractivity contribution < 1.29 is 4.43 Å². The summed E-state index contributed by atoms with van der Waals surface area (Å²) < 4.78 is 6.43. The third-order valence-electron chi connectivity index (χ3n) is 3.74. The molecule has 2 aromatic carbocycles. The third-order valence-corrected chi connectivity index (χ3v) is 4.57. The summed E-state index contributed by atoms with van der Waals surface area (Å²) in [5, 5.41) is 0. The summed E-state index contributed by atoms with van der Waals surface area (Å²) >= 11 is 0. The van der Waals surface area contributed by atoms with E-state index < -0.39 is 8.32 Å². The van der Waals surface area contributed by atoms with Crippen molar-refractivity contribution in [2.45, 2.75) is 38.4 Å². The van der Waals surface area contributed by atoms with E-state index in [1.165, 1.54) is 5.56 Å². The van der Waals surface area contributed by atoms with E-state index in [1.54, 1.807) is 0 Å². The molecule has 2 heteroatoms. The summed E-state index contributed by atoms with van der Waals surface area (Å²) in [7, 11) is -1.69. The van der Waals surface area contributed by atoms with Gasteiger partial charge in [0.05, 0.1) is 0 Å². The SMILES string of the molecule is C=CCCC(/C=C(/O[Si](C)(C)C)c1ccccc1)c1ccccc1. The zero-order valence-electron chi connectivity index (χ0n) is 15.0. The lowest BCUT2D eigenvalue weighted by Crippen LogP contribution is -2.24. The number of hydrogen-bond acceptors (Lipinski definition) is 1. The highest BCUT2D eigenvalue weighted by atomic mass is 28.4. The maximum atomic E-state index is 6.43. The van der Waals surface area contributed by atoms with Gasteiger partial charge in [-0.25, -0.2) is 0 Å². The highest BCUT2D eigenvalue weighted by molar-refractivity contribution is 6.70. The van der Waals surface area contributed by atoms with Crippen molar-refractivity contribution in [1.29, 1.82) is 0 Å². The van der Waals surface area contributed by atoms with Crippen LogP contribution in [0.25, 0.3) is 5.76 Å². The molecule has 126 valence electrons. The monoisotopic (exact) mass is 336 g/mol. The van der Waals surface area contributed by atoms with Crippen molar-refractivity contribution in [3.8, 4) is 0 Å². The van der Waals surface area contributed by atoms with E-state index in [1.807, 2.05) is 12.1 Å². The first-order valence-corrected chi connectivity index (χ1v) is 12.0. The maximum absolute atomic E-state index is 6.43. The molecule has 0 aromatic heterocycles. The van der Waals surface area contributed by atoms with E-state index in [4.69, 9.17) is 4.43 Å². The average Bonchev–Trinajstić information content (AvgIpc) is 2.58. The number of benzene rings is 2. The molecule has 0 aliphatic heterocycles. The molecule has 0 bridgehead atoms. The van der Waals surface area contributed by atoms with Gasteiger partial charge in [-0.05, 0) is 44.1 Å². The summed E-state index contributed by atoms with van der Waals surface area (Å²) in [5.41, 5.74) is 2.48.